The zero-order valence-electron chi connectivity index (χ0n) is 15.8. The first-order valence-electron chi connectivity index (χ1n) is 9.31. The number of nitrogens with zero attached hydrogens (tertiary/aromatic N) is 2. The van der Waals surface area contributed by atoms with Gasteiger partial charge in [0.05, 0.1) is 20.9 Å². The summed E-state index contributed by atoms with van der Waals surface area (Å²) in [5.41, 5.74) is 3.21. The van der Waals surface area contributed by atoms with Crippen LogP contribution in [0.2, 0.25) is 5.02 Å². The van der Waals surface area contributed by atoms with E-state index in [1.165, 1.54) is 17.7 Å². The van der Waals surface area contributed by atoms with Gasteiger partial charge in [0.1, 0.15) is 5.82 Å². The van der Waals surface area contributed by atoms with E-state index >= 15 is 0 Å². The fourth-order valence-electron chi connectivity index (χ4n) is 3.47. The highest BCUT2D eigenvalue weighted by Crippen LogP contribution is 2.32. The summed E-state index contributed by atoms with van der Waals surface area (Å²) in [6.45, 7) is 3.27. The first-order chi connectivity index (χ1) is 13.8. The summed E-state index contributed by atoms with van der Waals surface area (Å²) in [6.07, 6.45) is 0.994. The van der Waals surface area contributed by atoms with Gasteiger partial charge in [0.15, 0.2) is 15.0 Å². The van der Waals surface area contributed by atoms with Gasteiger partial charge in [-0.3, -0.25) is 0 Å². The molecular weight excluding hydrogens is 431 g/mol. The van der Waals surface area contributed by atoms with Crippen LogP contribution >= 0.6 is 22.9 Å². The van der Waals surface area contributed by atoms with Crippen molar-refractivity contribution in [2.24, 2.45) is 0 Å². The molecule has 1 aliphatic heterocycles. The lowest BCUT2D eigenvalue weighted by atomic mass is 10.1. The molecule has 1 fully saturated rings. The molecule has 0 radical (unpaired) electrons. The van der Waals surface area contributed by atoms with Crippen molar-refractivity contribution in [1.82, 2.24) is 4.98 Å². The topological polar surface area (TPSA) is 50.3 Å². The second-order valence-corrected chi connectivity index (χ2v) is 10.7. The van der Waals surface area contributed by atoms with E-state index in [9.17, 15) is 12.8 Å². The van der Waals surface area contributed by atoms with Crippen molar-refractivity contribution in [3.05, 3.63) is 64.2 Å². The first-order valence-corrected chi connectivity index (χ1v) is 12.1. The van der Waals surface area contributed by atoms with Crippen LogP contribution in [0.5, 0.6) is 0 Å². The zero-order chi connectivity index (χ0) is 20.6. The van der Waals surface area contributed by atoms with Crippen LogP contribution in [0.25, 0.3) is 11.3 Å². The molecule has 4 nitrogen and oxygen atoms in total. The number of aryl methyl sites for hydroxylation is 1. The van der Waals surface area contributed by atoms with Gasteiger partial charge in [-0.1, -0.05) is 41.4 Å². The van der Waals surface area contributed by atoms with Crippen LogP contribution in [0.15, 0.2) is 52.7 Å². The highest BCUT2D eigenvalue weighted by Gasteiger charge is 2.32. The molecule has 29 heavy (non-hydrogen) atoms. The molecule has 0 bridgehead atoms. The molecular formula is C21H20ClFN2O2S2. The zero-order valence-corrected chi connectivity index (χ0v) is 18.2. The number of hydrogen-bond donors (Lipinski definition) is 0. The lowest BCUT2D eigenvalue weighted by molar-refractivity contribution is 0.529. The number of piperidine rings is 1. The van der Waals surface area contributed by atoms with Crippen molar-refractivity contribution >= 4 is 37.9 Å². The van der Waals surface area contributed by atoms with Gasteiger partial charge in [-0.05, 0) is 38.0 Å². The van der Waals surface area contributed by atoms with E-state index in [2.05, 4.69) is 29.2 Å². The third-order valence-corrected chi connectivity index (χ3v) is 8.66. The molecule has 152 valence electrons. The predicted octanol–water partition coefficient (Wildman–Crippen LogP) is 5.35. The smallest absolute Gasteiger partial charge is 0.185 e. The van der Waals surface area contributed by atoms with E-state index in [1.807, 2.05) is 12.3 Å². The summed E-state index contributed by atoms with van der Waals surface area (Å²) in [4.78, 5) is 6.95. The van der Waals surface area contributed by atoms with Crippen LogP contribution in [-0.4, -0.2) is 31.7 Å². The standard InChI is InChI=1S/C21H20ClFN2O2S2/c1-14-2-4-15(5-3-14)20-13-28-21(24-20)25-10-8-16(9-11-25)29(26,27)17-6-7-19(23)18(22)12-17/h2-7,12-13,16H,8-11H2,1H3. The van der Waals surface area contributed by atoms with Crippen LogP contribution < -0.4 is 4.90 Å². The average molecular weight is 451 g/mol. The van der Waals surface area contributed by atoms with Gasteiger partial charge in [-0.2, -0.15) is 0 Å². The van der Waals surface area contributed by atoms with Gasteiger partial charge >= 0.3 is 0 Å². The van der Waals surface area contributed by atoms with E-state index in [4.69, 9.17) is 16.6 Å². The molecule has 1 aromatic heterocycles. The Morgan fingerprint density at radius 2 is 1.83 bits per heavy atom. The molecule has 0 unspecified atom stereocenters. The minimum absolute atomic E-state index is 0.0817. The number of benzene rings is 2. The van der Waals surface area contributed by atoms with Crippen molar-refractivity contribution in [1.29, 1.82) is 0 Å². The van der Waals surface area contributed by atoms with Crippen LogP contribution in [0.3, 0.4) is 0 Å². The number of hydrogen-bond acceptors (Lipinski definition) is 5. The van der Waals surface area contributed by atoms with E-state index in [0.717, 1.165) is 22.5 Å². The summed E-state index contributed by atoms with van der Waals surface area (Å²) < 4.78 is 39.2. The van der Waals surface area contributed by atoms with Crippen LogP contribution in [0, 0.1) is 12.7 Å². The van der Waals surface area contributed by atoms with Gasteiger partial charge in [-0.25, -0.2) is 17.8 Å². The van der Waals surface area contributed by atoms with Crippen LogP contribution in [0.1, 0.15) is 18.4 Å². The van der Waals surface area contributed by atoms with E-state index in [1.54, 1.807) is 11.3 Å². The molecule has 1 aliphatic rings. The van der Waals surface area contributed by atoms with E-state index in [0.29, 0.717) is 25.9 Å². The van der Waals surface area contributed by atoms with Crippen LogP contribution in [0.4, 0.5) is 9.52 Å². The lowest BCUT2D eigenvalue weighted by Crippen LogP contribution is -2.39. The Labute approximate surface area is 178 Å². The summed E-state index contributed by atoms with van der Waals surface area (Å²) in [5, 5.41) is 2.26. The maximum Gasteiger partial charge on any atom is 0.185 e. The molecule has 4 rings (SSSR count). The van der Waals surface area contributed by atoms with E-state index < -0.39 is 20.9 Å². The Morgan fingerprint density at radius 3 is 2.48 bits per heavy atom. The number of sulfone groups is 1. The van der Waals surface area contributed by atoms with Crippen LogP contribution in [-0.2, 0) is 9.84 Å². The van der Waals surface area contributed by atoms with Crippen molar-refractivity contribution in [2.45, 2.75) is 29.9 Å². The molecule has 0 amide bonds. The highest BCUT2D eigenvalue weighted by molar-refractivity contribution is 7.92. The maximum atomic E-state index is 13.4. The van der Waals surface area contributed by atoms with Gasteiger partial charge < -0.3 is 4.90 Å². The average Bonchev–Trinajstić information content (AvgIpc) is 3.21. The van der Waals surface area contributed by atoms with Crippen molar-refractivity contribution < 1.29 is 12.8 Å². The molecule has 2 aromatic carbocycles. The molecule has 0 atom stereocenters. The molecule has 0 spiro atoms. The van der Waals surface area contributed by atoms with Gasteiger partial charge in [-0.15, -0.1) is 11.3 Å². The second-order valence-electron chi connectivity index (χ2n) is 7.19. The fourth-order valence-corrected chi connectivity index (χ4v) is 6.36. The fraction of sp³-hybridized carbons (Fsp3) is 0.286. The third-order valence-electron chi connectivity index (χ3n) is 5.21. The minimum atomic E-state index is -3.54. The SMILES string of the molecule is Cc1ccc(-c2csc(N3CCC(S(=O)(=O)c4ccc(F)c(Cl)c4)CC3)n2)cc1. The molecule has 2 heterocycles. The van der Waals surface area contributed by atoms with Gasteiger partial charge in [0.2, 0.25) is 0 Å². The monoisotopic (exact) mass is 450 g/mol. The number of anilines is 1. The molecule has 0 N–H and O–H groups in total. The number of halogens is 2. The molecule has 0 aliphatic carbocycles. The van der Waals surface area contributed by atoms with Crippen molar-refractivity contribution in [2.75, 3.05) is 18.0 Å². The number of rotatable bonds is 4. The summed E-state index contributed by atoms with van der Waals surface area (Å²) in [5.74, 6) is -0.617. The molecule has 1 saturated heterocycles. The molecule has 3 aromatic rings. The number of thiazole rings is 1. The summed E-state index contributed by atoms with van der Waals surface area (Å²) in [7, 11) is -3.54. The molecule has 8 heteroatoms. The Kier molecular flexibility index (Phi) is 5.64. The second kappa shape index (κ2) is 8.05. The predicted molar refractivity (Wildman–Crippen MR) is 116 cm³/mol. The largest absolute Gasteiger partial charge is 0.348 e. The third kappa shape index (κ3) is 4.17. The maximum absolute atomic E-state index is 13.4. The van der Waals surface area contributed by atoms with Crippen molar-refractivity contribution in [3.8, 4) is 11.3 Å². The Bertz CT molecular complexity index is 1120. The lowest BCUT2D eigenvalue weighted by Gasteiger charge is -2.31. The van der Waals surface area contributed by atoms with Gasteiger partial charge in [0, 0.05) is 24.0 Å². The minimum Gasteiger partial charge on any atom is -0.348 e. The summed E-state index contributed by atoms with van der Waals surface area (Å²) in [6, 6.07) is 11.8. The Balaban J connectivity index is 1.45. The normalized spacial score (nSPS) is 15.6. The quantitative estimate of drug-likeness (QED) is 0.502. The number of aromatic nitrogens is 1. The first kappa shape index (κ1) is 20.3. The summed E-state index contributed by atoms with van der Waals surface area (Å²) >= 11 is 7.34. The van der Waals surface area contributed by atoms with E-state index in [-0.39, 0.29) is 9.92 Å². The highest BCUT2D eigenvalue weighted by atomic mass is 35.5. The van der Waals surface area contributed by atoms with Crippen molar-refractivity contribution in [3.63, 3.8) is 0 Å². The Hall–Kier alpha value is -1.96. The Morgan fingerprint density at radius 1 is 1.14 bits per heavy atom. The molecule has 0 saturated carbocycles. The van der Waals surface area contributed by atoms with Gasteiger partial charge in [0.25, 0.3) is 0 Å².